The molecule has 1 aliphatic rings. The first-order valence-electron chi connectivity index (χ1n) is 18.6. The topological polar surface area (TPSA) is 164 Å². The molecule has 50 heavy (non-hydrogen) atoms. The monoisotopic (exact) mass is 692 g/mol. The molecule has 6 atom stereocenters. The van der Waals surface area contributed by atoms with Gasteiger partial charge in [-0.15, -0.1) is 0 Å². The van der Waals surface area contributed by atoms with Crippen molar-refractivity contribution in [1.29, 1.82) is 0 Å². The van der Waals surface area contributed by atoms with E-state index in [1.807, 2.05) is 30.3 Å². The quantitative estimate of drug-likeness (QED) is 0.0808. The molecule has 10 heteroatoms. The highest BCUT2D eigenvalue weighted by Crippen LogP contribution is 2.29. The summed E-state index contributed by atoms with van der Waals surface area (Å²) in [6.45, 7) is 5.11. The molecule has 3 aromatic carbocycles. The Labute approximate surface area is 298 Å². The normalized spacial score (nSPS) is 19.8. The Balaban J connectivity index is 1.30. The van der Waals surface area contributed by atoms with Crippen LogP contribution in [0.2, 0.25) is 0 Å². The molecule has 3 aromatic rings. The van der Waals surface area contributed by atoms with Gasteiger partial charge in [-0.2, -0.15) is 0 Å². The van der Waals surface area contributed by atoms with Gasteiger partial charge in [-0.1, -0.05) is 92.9 Å². The number of aryl methyl sites for hydroxylation is 2. The zero-order chi connectivity index (χ0) is 35.7. The predicted octanol–water partition coefficient (Wildman–Crippen LogP) is 3.97. The number of nitrogens with zero attached hydrogens (tertiary/aromatic N) is 1. The van der Waals surface area contributed by atoms with Gasteiger partial charge in [0.15, 0.2) is 6.29 Å². The van der Waals surface area contributed by atoms with Crippen LogP contribution in [0.1, 0.15) is 81.3 Å². The lowest BCUT2D eigenvalue weighted by atomic mass is 9.93. The summed E-state index contributed by atoms with van der Waals surface area (Å²) in [5.41, 5.74) is 14.9. The van der Waals surface area contributed by atoms with Gasteiger partial charge in [0.1, 0.15) is 18.3 Å². The Hall–Kier alpha value is -2.93. The standard InChI is InChI=1S/C40H60N4O6/c1-2-3-4-12-25-44(27-35(45)37(47)38-36(46)28-49-40(50-38)31-15-6-5-7-16-31)26-13-24-43-34(39(42)48)22-21-30-20-19-29(14-10-11-23-41)32-17-8-9-18-33(30)32/h5-9,15-20,34-38,40,43,45-47H,2-4,10-14,21-28,41H2,1H3,(H2,42,48)/t34?,35?,36-,37?,38-,40?/m1/s1. The molecular formula is C40H60N4O6. The Morgan fingerprint density at radius 2 is 1.58 bits per heavy atom. The van der Waals surface area contributed by atoms with Gasteiger partial charge in [-0.3, -0.25) is 4.79 Å². The lowest BCUT2D eigenvalue weighted by Crippen LogP contribution is -2.54. The molecule has 8 N–H and O–H groups in total. The zero-order valence-electron chi connectivity index (χ0n) is 29.8. The largest absolute Gasteiger partial charge is 0.389 e. The van der Waals surface area contributed by atoms with Gasteiger partial charge < -0.3 is 46.5 Å². The summed E-state index contributed by atoms with van der Waals surface area (Å²) in [4.78, 5) is 14.6. The molecule has 1 fully saturated rings. The number of fused-ring (bicyclic) bond motifs is 1. The van der Waals surface area contributed by atoms with Crippen molar-refractivity contribution in [1.82, 2.24) is 10.2 Å². The number of primary amides is 1. The molecule has 0 aromatic heterocycles. The Morgan fingerprint density at radius 3 is 2.26 bits per heavy atom. The van der Waals surface area contributed by atoms with Crippen molar-refractivity contribution in [3.05, 3.63) is 83.4 Å². The Morgan fingerprint density at radius 1 is 0.900 bits per heavy atom. The lowest BCUT2D eigenvalue weighted by Gasteiger charge is -2.38. The van der Waals surface area contributed by atoms with Crippen molar-refractivity contribution >= 4 is 16.7 Å². The molecule has 1 aliphatic heterocycles. The average Bonchev–Trinajstić information content (AvgIpc) is 3.13. The molecule has 4 unspecified atom stereocenters. The number of amides is 1. The van der Waals surface area contributed by atoms with E-state index in [0.29, 0.717) is 26.1 Å². The maximum Gasteiger partial charge on any atom is 0.234 e. The molecule has 1 amide bonds. The van der Waals surface area contributed by atoms with Gasteiger partial charge >= 0.3 is 0 Å². The maximum atomic E-state index is 12.5. The number of aliphatic hydroxyl groups is 3. The minimum atomic E-state index is -1.30. The molecule has 10 nitrogen and oxygen atoms in total. The highest BCUT2D eigenvalue weighted by Gasteiger charge is 2.39. The third kappa shape index (κ3) is 12.1. The summed E-state index contributed by atoms with van der Waals surface area (Å²) < 4.78 is 11.6. The number of nitrogens with two attached hydrogens (primary N) is 2. The summed E-state index contributed by atoms with van der Waals surface area (Å²) in [6, 6.07) is 21.7. The van der Waals surface area contributed by atoms with Crippen molar-refractivity contribution in [3.8, 4) is 0 Å². The van der Waals surface area contributed by atoms with Crippen molar-refractivity contribution < 1.29 is 29.6 Å². The number of benzene rings is 3. The van der Waals surface area contributed by atoms with Crippen LogP contribution in [0.15, 0.2) is 66.7 Å². The van der Waals surface area contributed by atoms with Crippen LogP contribution in [-0.2, 0) is 27.1 Å². The van der Waals surface area contributed by atoms with Crippen LogP contribution in [0.4, 0.5) is 0 Å². The highest BCUT2D eigenvalue weighted by atomic mass is 16.7. The summed E-state index contributed by atoms with van der Waals surface area (Å²) in [7, 11) is 0. The molecule has 1 saturated heterocycles. The van der Waals surface area contributed by atoms with Gasteiger partial charge in [-0.25, -0.2) is 0 Å². The third-order valence-electron chi connectivity index (χ3n) is 9.75. The number of rotatable bonds is 23. The summed E-state index contributed by atoms with van der Waals surface area (Å²) in [5.74, 6) is -0.369. The molecule has 1 heterocycles. The molecule has 276 valence electrons. The number of ether oxygens (including phenoxy) is 2. The fourth-order valence-electron chi connectivity index (χ4n) is 6.84. The van der Waals surface area contributed by atoms with Crippen LogP contribution in [0.3, 0.4) is 0 Å². The van der Waals surface area contributed by atoms with E-state index in [1.165, 1.54) is 21.9 Å². The van der Waals surface area contributed by atoms with E-state index < -0.39 is 36.7 Å². The SMILES string of the molecule is CCCCCCN(CCCNC(CCc1ccc(CCCCN)c2ccccc12)C(N)=O)CC(O)C(O)[C@@H]1OC(c2ccccc2)OC[C@H]1O. The van der Waals surface area contributed by atoms with E-state index in [0.717, 1.165) is 69.9 Å². The van der Waals surface area contributed by atoms with Crippen molar-refractivity contribution in [3.63, 3.8) is 0 Å². The smallest absolute Gasteiger partial charge is 0.234 e. The van der Waals surface area contributed by atoms with Crippen LogP contribution in [0, 0.1) is 0 Å². The van der Waals surface area contributed by atoms with Crippen LogP contribution in [0.5, 0.6) is 0 Å². The highest BCUT2D eigenvalue weighted by molar-refractivity contribution is 5.89. The Kier molecular flexibility index (Phi) is 17.1. The van der Waals surface area contributed by atoms with E-state index >= 15 is 0 Å². The first kappa shape index (κ1) is 39.8. The van der Waals surface area contributed by atoms with Gasteiger partial charge in [-0.05, 0) is 93.0 Å². The Bertz CT molecular complexity index is 1410. The van der Waals surface area contributed by atoms with E-state index in [9.17, 15) is 20.1 Å². The molecule has 0 spiro atoms. The van der Waals surface area contributed by atoms with Crippen molar-refractivity contribution in [2.45, 2.75) is 108 Å². The first-order chi connectivity index (χ1) is 24.3. The van der Waals surface area contributed by atoms with Gasteiger partial charge in [0, 0.05) is 12.1 Å². The summed E-state index contributed by atoms with van der Waals surface area (Å²) in [6.07, 6.45) is 4.20. The number of unbranched alkanes of at least 4 members (excludes halogenated alkanes) is 4. The minimum Gasteiger partial charge on any atom is -0.389 e. The van der Waals surface area contributed by atoms with Crippen LogP contribution in [0.25, 0.3) is 10.8 Å². The summed E-state index contributed by atoms with van der Waals surface area (Å²) in [5, 5.41) is 38.7. The molecule has 0 saturated carbocycles. The number of carbonyl (C=O) groups excluding carboxylic acids is 1. The van der Waals surface area contributed by atoms with Gasteiger partial charge in [0.2, 0.25) is 5.91 Å². The second-order valence-corrected chi connectivity index (χ2v) is 13.6. The molecule has 0 bridgehead atoms. The lowest BCUT2D eigenvalue weighted by molar-refractivity contribution is -0.283. The van der Waals surface area contributed by atoms with Crippen molar-refractivity contribution in [2.24, 2.45) is 11.5 Å². The van der Waals surface area contributed by atoms with Gasteiger partial charge in [0.05, 0.1) is 18.8 Å². The van der Waals surface area contributed by atoms with Crippen LogP contribution >= 0.6 is 0 Å². The predicted molar refractivity (Wildman–Crippen MR) is 198 cm³/mol. The number of aliphatic hydroxyl groups excluding tert-OH is 3. The van der Waals surface area contributed by atoms with Crippen LogP contribution < -0.4 is 16.8 Å². The third-order valence-corrected chi connectivity index (χ3v) is 9.75. The van der Waals surface area contributed by atoms with E-state index in [-0.39, 0.29) is 19.1 Å². The fraction of sp³-hybridized carbons (Fsp3) is 0.575. The van der Waals surface area contributed by atoms with E-state index in [1.54, 1.807) is 0 Å². The molecular weight excluding hydrogens is 632 g/mol. The van der Waals surface area contributed by atoms with E-state index in [2.05, 4.69) is 53.5 Å². The number of carbonyl (C=O) groups is 1. The van der Waals surface area contributed by atoms with E-state index in [4.69, 9.17) is 20.9 Å². The molecule has 0 radical (unpaired) electrons. The fourth-order valence-corrected chi connectivity index (χ4v) is 6.84. The minimum absolute atomic E-state index is 0.00178. The second-order valence-electron chi connectivity index (χ2n) is 13.6. The van der Waals surface area contributed by atoms with Gasteiger partial charge in [0.25, 0.3) is 0 Å². The van der Waals surface area contributed by atoms with Crippen LogP contribution in [-0.4, -0.2) is 95.9 Å². The molecule has 0 aliphatic carbocycles. The average molecular weight is 693 g/mol. The number of nitrogens with one attached hydrogen (secondary N) is 1. The first-order valence-corrected chi connectivity index (χ1v) is 18.6. The molecule has 4 rings (SSSR count). The zero-order valence-corrected chi connectivity index (χ0v) is 29.8. The maximum absolute atomic E-state index is 12.5. The summed E-state index contributed by atoms with van der Waals surface area (Å²) >= 11 is 0. The second kappa shape index (κ2) is 21.4. The number of hydrogen-bond donors (Lipinski definition) is 6. The number of hydrogen-bond acceptors (Lipinski definition) is 9. The van der Waals surface area contributed by atoms with Crippen molar-refractivity contribution in [2.75, 3.05) is 39.3 Å².